The number of benzene rings is 1. The van der Waals surface area contributed by atoms with Crippen LogP contribution in [0.1, 0.15) is 52.2 Å². The Labute approximate surface area is 179 Å². The predicted octanol–water partition coefficient (Wildman–Crippen LogP) is 5.09. The Morgan fingerprint density at radius 3 is 2.50 bits per heavy atom. The smallest absolute Gasteiger partial charge is 0.337 e. The van der Waals surface area contributed by atoms with Crippen molar-refractivity contribution in [2.45, 2.75) is 38.6 Å². The summed E-state index contributed by atoms with van der Waals surface area (Å²) in [5.74, 6) is -0.403. The molecule has 1 aliphatic rings. The van der Waals surface area contributed by atoms with Gasteiger partial charge in [-0.1, -0.05) is 0 Å². The van der Waals surface area contributed by atoms with Gasteiger partial charge in [-0.15, -0.1) is 11.3 Å². The van der Waals surface area contributed by atoms with E-state index in [4.69, 9.17) is 4.74 Å². The van der Waals surface area contributed by atoms with Crippen molar-refractivity contribution >= 4 is 29.0 Å². The SMILES string of the molecule is COC(=O)c1ccc(NC(=O)NC(C)c2c(-n3cccc3)sc3c2CCCC3)cc1. The first-order valence-corrected chi connectivity index (χ1v) is 10.9. The first-order chi connectivity index (χ1) is 14.6. The van der Waals surface area contributed by atoms with E-state index in [1.165, 1.54) is 41.0 Å². The minimum atomic E-state index is -0.403. The van der Waals surface area contributed by atoms with Gasteiger partial charge < -0.3 is 19.9 Å². The molecule has 0 aliphatic heterocycles. The maximum atomic E-state index is 12.6. The number of aromatic nitrogens is 1. The van der Waals surface area contributed by atoms with Gasteiger partial charge >= 0.3 is 12.0 Å². The molecule has 156 valence electrons. The highest BCUT2D eigenvalue weighted by atomic mass is 32.1. The molecule has 2 amide bonds. The molecule has 1 atom stereocenters. The first kappa shape index (κ1) is 20.2. The number of hydrogen-bond acceptors (Lipinski definition) is 4. The third kappa shape index (κ3) is 4.11. The van der Waals surface area contributed by atoms with Crippen molar-refractivity contribution in [2.75, 3.05) is 12.4 Å². The van der Waals surface area contributed by atoms with Crippen LogP contribution in [0.4, 0.5) is 10.5 Å². The number of anilines is 1. The first-order valence-electron chi connectivity index (χ1n) is 10.1. The van der Waals surface area contributed by atoms with Crippen LogP contribution in [0.5, 0.6) is 0 Å². The number of fused-ring (bicyclic) bond motifs is 1. The lowest BCUT2D eigenvalue weighted by Gasteiger charge is -2.20. The summed E-state index contributed by atoms with van der Waals surface area (Å²) in [5, 5.41) is 7.11. The van der Waals surface area contributed by atoms with Gasteiger partial charge in [0.2, 0.25) is 0 Å². The van der Waals surface area contributed by atoms with Crippen molar-refractivity contribution in [3.05, 3.63) is 70.4 Å². The molecule has 2 heterocycles. The standard InChI is InChI=1S/C23H25N3O3S/c1-15(24-23(28)25-17-11-9-16(10-12-17)22(27)29-2)20-18-7-3-4-8-19(18)30-21(20)26-13-5-6-14-26/h5-6,9-15H,3-4,7-8H2,1-2H3,(H2,24,25,28). The quantitative estimate of drug-likeness (QED) is 0.562. The Kier molecular flexibility index (Phi) is 5.90. The van der Waals surface area contributed by atoms with E-state index in [2.05, 4.69) is 27.6 Å². The molecular formula is C23H25N3O3S. The van der Waals surface area contributed by atoms with Crippen molar-refractivity contribution in [3.8, 4) is 5.00 Å². The number of nitrogens with zero attached hydrogens (tertiary/aromatic N) is 1. The van der Waals surface area contributed by atoms with Crippen LogP contribution in [0.2, 0.25) is 0 Å². The van der Waals surface area contributed by atoms with E-state index in [0.29, 0.717) is 11.3 Å². The highest BCUT2D eigenvalue weighted by molar-refractivity contribution is 7.15. The summed E-state index contributed by atoms with van der Waals surface area (Å²) in [5.41, 5.74) is 3.66. The largest absolute Gasteiger partial charge is 0.465 e. The van der Waals surface area contributed by atoms with E-state index in [1.807, 2.05) is 30.4 Å². The summed E-state index contributed by atoms with van der Waals surface area (Å²) in [6.07, 6.45) is 8.69. The summed E-state index contributed by atoms with van der Waals surface area (Å²) in [6, 6.07) is 10.3. The number of aryl methyl sites for hydroxylation is 1. The van der Waals surface area contributed by atoms with Crippen molar-refractivity contribution in [1.29, 1.82) is 0 Å². The lowest BCUT2D eigenvalue weighted by molar-refractivity contribution is 0.0600. The second kappa shape index (κ2) is 8.75. The molecule has 0 radical (unpaired) electrons. The van der Waals surface area contributed by atoms with Crippen LogP contribution in [0.15, 0.2) is 48.8 Å². The molecule has 2 aromatic heterocycles. The van der Waals surface area contributed by atoms with E-state index in [9.17, 15) is 9.59 Å². The monoisotopic (exact) mass is 423 g/mol. The highest BCUT2D eigenvalue weighted by Crippen LogP contribution is 2.40. The fourth-order valence-electron chi connectivity index (χ4n) is 3.93. The van der Waals surface area contributed by atoms with Gasteiger partial charge in [-0.05, 0) is 74.6 Å². The van der Waals surface area contributed by atoms with Crippen molar-refractivity contribution in [2.24, 2.45) is 0 Å². The Morgan fingerprint density at radius 1 is 1.10 bits per heavy atom. The van der Waals surface area contributed by atoms with Gasteiger partial charge in [-0.2, -0.15) is 0 Å². The Morgan fingerprint density at radius 2 is 1.80 bits per heavy atom. The van der Waals surface area contributed by atoms with E-state index in [0.717, 1.165) is 12.8 Å². The maximum absolute atomic E-state index is 12.6. The molecule has 30 heavy (non-hydrogen) atoms. The van der Waals surface area contributed by atoms with Gasteiger partial charge in [0.05, 0.1) is 18.7 Å². The Balaban J connectivity index is 1.51. The number of amides is 2. The molecule has 2 N–H and O–H groups in total. The third-order valence-corrected chi connectivity index (χ3v) is 6.70. The van der Waals surface area contributed by atoms with Crippen LogP contribution in [-0.2, 0) is 17.6 Å². The van der Waals surface area contributed by atoms with Crippen molar-refractivity contribution < 1.29 is 14.3 Å². The summed E-state index contributed by atoms with van der Waals surface area (Å²) < 4.78 is 6.84. The van der Waals surface area contributed by atoms with E-state index in [-0.39, 0.29) is 12.1 Å². The fraction of sp³-hybridized carbons (Fsp3) is 0.304. The van der Waals surface area contributed by atoms with Gasteiger partial charge in [-0.3, -0.25) is 0 Å². The number of hydrogen-bond donors (Lipinski definition) is 2. The van der Waals surface area contributed by atoms with E-state index >= 15 is 0 Å². The molecule has 0 saturated carbocycles. The third-order valence-electron chi connectivity index (χ3n) is 5.38. The summed E-state index contributed by atoms with van der Waals surface area (Å²) in [4.78, 5) is 25.6. The lowest BCUT2D eigenvalue weighted by Crippen LogP contribution is -2.32. The number of ether oxygens (including phenoxy) is 1. The van der Waals surface area contributed by atoms with Gasteiger partial charge in [-0.25, -0.2) is 9.59 Å². The average Bonchev–Trinajstić information content (AvgIpc) is 3.41. The van der Waals surface area contributed by atoms with Gasteiger partial charge in [0.25, 0.3) is 0 Å². The van der Waals surface area contributed by atoms with Crippen LogP contribution >= 0.6 is 11.3 Å². The maximum Gasteiger partial charge on any atom is 0.337 e. The minimum Gasteiger partial charge on any atom is -0.465 e. The van der Waals surface area contributed by atoms with Crippen LogP contribution in [0.25, 0.3) is 5.00 Å². The fourth-order valence-corrected chi connectivity index (χ4v) is 5.38. The molecule has 1 aromatic carbocycles. The number of methoxy groups -OCH3 is 1. The molecule has 4 rings (SSSR count). The zero-order chi connectivity index (χ0) is 21.1. The highest BCUT2D eigenvalue weighted by Gasteiger charge is 2.26. The molecule has 1 unspecified atom stereocenters. The summed E-state index contributed by atoms with van der Waals surface area (Å²) in [6.45, 7) is 2.03. The lowest BCUT2D eigenvalue weighted by atomic mass is 9.93. The molecule has 6 nitrogen and oxygen atoms in total. The van der Waals surface area contributed by atoms with Gasteiger partial charge in [0.1, 0.15) is 5.00 Å². The second-order valence-electron chi connectivity index (χ2n) is 7.41. The topological polar surface area (TPSA) is 72.4 Å². The molecular weight excluding hydrogens is 398 g/mol. The number of urea groups is 1. The number of esters is 1. The summed E-state index contributed by atoms with van der Waals surface area (Å²) in [7, 11) is 1.34. The van der Waals surface area contributed by atoms with Gasteiger partial charge in [0, 0.05) is 28.5 Å². The van der Waals surface area contributed by atoms with Crippen LogP contribution in [-0.4, -0.2) is 23.7 Å². The zero-order valence-corrected chi connectivity index (χ0v) is 17.9. The molecule has 0 fully saturated rings. The Bertz CT molecular complexity index is 1040. The van der Waals surface area contributed by atoms with Crippen molar-refractivity contribution in [1.82, 2.24) is 9.88 Å². The normalized spacial score (nSPS) is 13.9. The van der Waals surface area contributed by atoms with Crippen LogP contribution < -0.4 is 10.6 Å². The molecule has 7 heteroatoms. The number of carbonyl (C=O) groups excluding carboxylic acids is 2. The molecule has 1 aliphatic carbocycles. The average molecular weight is 424 g/mol. The zero-order valence-electron chi connectivity index (χ0n) is 17.1. The van der Waals surface area contributed by atoms with Gasteiger partial charge in [0.15, 0.2) is 0 Å². The van der Waals surface area contributed by atoms with E-state index < -0.39 is 5.97 Å². The number of rotatable bonds is 5. The molecule has 3 aromatic rings. The number of nitrogens with one attached hydrogen (secondary N) is 2. The van der Waals surface area contributed by atoms with Crippen LogP contribution in [0.3, 0.4) is 0 Å². The number of carbonyl (C=O) groups is 2. The van der Waals surface area contributed by atoms with Crippen molar-refractivity contribution in [3.63, 3.8) is 0 Å². The molecule has 0 bridgehead atoms. The van der Waals surface area contributed by atoms with Crippen LogP contribution in [0, 0.1) is 0 Å². The Hall–Kier alpha value is -3.06. The molecule has 0 spiro atoms. The second-order valence-corrected chi connectivity index (χ2v) is 8.49. The molecule has 0 saturated heterocycles. The van der Waals surface area contributed by atoms with E-state index in [1.54, 1.807) is 24.3 Å². The summed E-state index contributed by atoms with van der Waals surface area (Å²) >= 11 is 1.83. The minimum absolute atomic E-state index is 0.130. The number of thiophene rings is 1. The predicted molar refractivity (Wildman–Crippen MR) is 119 cm³/mol.